The van der Waals surface area contributed by atoms with Crippen LogP contribution in [0.25, 0.3) is 0 Å². The number of benzene rings is 1. The number of aryl methyl sites for hydroxylation is 3. The summed E-state index contributed by atoms with van der Waals surface area (Å²) in [6.45, 7) is 12.5. The first kappa shape index (κ1) is 30.7. The number of hydrogen-bond acceptors (Lipinski definition) is 2. The van der Waals surface area contributed by atoms with Crippen molar-refractivity contribution in [3.63, 3.8) is 0 Å². The van der Waals surface area contributed by atoms with Crippen molar-refractivity contribution in [1.82, 2.24) is 0 Å². The van der Waals surface area contributed by atoms with Crippen molar-refractivity contribution in [2.24, 2.45) is 5.41 Å². The van der Waals surface area contributed by atoms with Gasteiger partial charge in [0.25, 0.3) is 0 Å². The maximum absolute atomic E-state index is 13.2. The molecule has 0 saturated heterocycles. The highest BCUT2D eigenvalue weighted by molar-refractivity contribution is 5.79. The zero-order valence-electron chi connectivity index (χ0n) is 23.4. The minimum atomic E-state index is -0.431. The van der Waals surface area contributed by atoms with E-state index < -0.39 is 5.41 Å². The molecule has 0 saturated carbocycles. The van der Waals surface area contributed by atoms with Crippen molar-refractivity contribution in [3.8, 4) is 5.75 Å². The summed E-state index contributed by atoms with van der Waals surface area (Å²) in [5.74, 6) is 0.637. The lowest BCUT2D eigenvalue weighted by molar-refractivity contribution is -0.147. The first-order valence-corrected chi connectivity index (χ1v) is 13.8. The lowest BCUT2D eigenvalue weighted by Crippen LogP contribution is -2.34. The number of hydrogen-bond donors (Lipinski definition) is 0. The van der Waals surface area contributed by atoms with Crippen LogP contribution in [0.4, 0.5) is 0 Å². The van der Waals surface area contributed by atoms with Crippen LogP contribution in [0.15, 0.2) is 60.7 Å². The number of carbonyl (C=O) groups excluding carboxylic acids is 1. The summed E-state index contributed by atoms with van der Waals surface area (Å²) in [5.41, 5.74) is 2.81. The van der Waals surface area contributed by atoms with E-state index in [1.165, 1.54) is 31.2 Å². The van der Waals surface area contributed by atoms with E-state index in [4.69, 9.17) is 4.74 Å². The van der Waals surface area contributed by atoms with Crippen LogP contribution < -0.4 is 4.74 Å². The zero-order chi connectivity index (χ0) is 25.9. The van der Waals surface area contributed by atoms with Crippen molar-refractivity contribution >= 4 is 5.97 Å². The number of allylic oxidation sites excluding steroid dienone is 8. The average molecular weight is 479 g/mol. The van der Waals surface area contributed by atoms with Crippen LogP contribution in [0, 0.1) is 26.2 Å². The Bertz CT molecular complexity index is 827. The third-order valence-corrected chi connectivity index (χ3v) is 6.83. The second kappa shape index (κ2) is 18.0. The molecule has 0 heterocycles. The van der Waals surface area contributed by atoms with Gasteiger partial charge in [-0.15, -0.1) is 0 Å². The molecule has 1 aromatic rings. The Morgan fingerprint density at radius 2 is 1.23 bits per heavy atom. The van der Waals surface area contributed by atoms with Crippen molar-refractivity contribution in [2.45, 2.75) is 112 Å². The van der Waals surface area contributed by atoms with Gasteiger partial charge in [0.05, 0.1) is 5.41 Å². The van der Waals surface area contributed by atoms with Gasteiger partial charge in [-0.25, -0.2) is 0 Å². The van der Waals surface area contributed by atoms with Gasteiger partial charge < -0.3 is 4.74 Å². The summed E-state index contributed by atoms with van der Waals surface area (Å²) in [6, 6.07) is 4.15. The molecule has 0 fully saturated rings. The zero-order valence-corrected chi connectivity index (χ0v) is 23.4. The number of carbonyl (C=O) groups is 1. The highest BCUT2D eigenvalue weighted by Crippen LogP contribution is 2.36. The van der Waals surface area contributed by atoms with E-state index in [2.05, 4.69) is 88.4 Å². The van der Waals surface area contributed by atoms with E-state index in [0.29, 0.717) is 0 Å². The van der Waals surface area contributed by atoms with Crippen LogP contribution in [0.3, 0.4) is 0 Å². The van der Waals surface area contributed by atoms with Crippen molar-refractivity contribution in [2.75, 3.05) is 0 Å². The smallest absolute Gasteiger partial charge is 0.317 e. The SMILES string of the molecule is CCCCC/C=C\C/C=C\C/C=C\C/C=C\CCC(CC)(CC)C(=O)Oc1c(C)cc(C)cc1C. The highest BCUT2D eigenvalue weighted by Gasteiger charge is 2.36. The van der Waals surface area contributed by atoms with Crippen LogP contribution in [-0.2, 0) is 4.79 Å². The van der Waals surface area contributed by atoms with E-state index in [0.717, 1.165) is 61.8 Å². The largest absolute Gasteiger partial charge is 0.426 e. The van der Waals surface area contributed by atoms with Crippen LogP contribution in [0.5, 0.6) is 5.75 Å². The van der Waals surface area contributed by atoms with E-state index >= 15 is 0 Å². The molecule has 0 unspecified atom stereocenters. The second-order valence-electron chi connectivity index (χ2n) is 9.73. The molecule has 1 rings (SSSR count). The second-order valence-corrected chi connectivity index (χ2v) is 9.73. The summed E-state index contributed by atoms with van der Waals surface area (Å²) in [5, 5.41) is 0. The lowest BCUT2D eigenvalue weighted by Gasteiger charge is -2.29. The first-order chi connectivity index (χ1) is 16.9. The van der Waals surface area contributed by atoms with Crippen LogP contribution in [-0.4, -0.2) is 5.97 Å². The van der Waals surface area contributed by atoms with Crippen LogP contribution in [0.2, 0.25) is 0 Å². The maximum atomic E-state index is 13.2. The van der Waals surface area contributed by atoms with Gasteiger partial charge in [0.2, 0.25) is 0 Å². The normalized spacial score (nSPS) is 12.6. The minimum absolute atomic E-state index is 0.0894. The number of rotatable bonds is 17. The topological polar surface area (TPSA) is 26.3 Å². The minimum Gasteiger partial charge on any atom is -0.426 e. The highest BCUT2D eigenvalue weighted by atomic mass is 16.5. The summed E-state index contributed by atoms with van der Waals surface area (Å²) in [6.07, 6.45) is 29.3. The average Bonchev–Trinajstić information content (AvgIpc) is 2.83. The fourth-order valence-corrected chi connectivity index (χ4v) is 4.44. The van der Waals surface area contributed by atoms with Gasteiger partial charge in [0, 0.05) is 0 Å². The van der Waals surface area contributed by atoms with E-state index in [9.17, 15) is 4.79 Å². The summed E-state index contributed by atoms with van der Waals surface area (Å²) >= 11 is 0. The quantitative estimate of drug-likeness (QED) is 0.0963. The molecule has 0 N–H and O–H groups in total. The van der Waals surface area contributed by atoms with Crippen molar-refractivity contribution in [3.05, 3.63) is 77.4 Å². The van der Waals surface area contributed by atoms with Gasteiger partial charge in [-0.1, -0.05) is 99.9 Å². The third kappa shape index (κ3) is 11.8. The predicted molar refractivity (Wildman–Crippen MR) is 153 cm³/mol. The molecular weight excluding hydrogens is 428 g/mol. The number of unbranched alkanes of at least 4 members (excludes halogenated alkanes) is 3. The van der Waals surface area contributed by atoms with Crippen molar-refractivity contribution < 1.29 is 9.53 Å². The van der Waals surface area contributed by atoms with E-state index in [1.54, 1.807) is 0 Å². The third-order valence-electron chi connectivity index (χ3n) is 6.83. The molecule has 2 heteroatoms. The molecule has 0 radical (unpaired) electrons. The monoisotopic (exact) mass is 478 g/mol. The number of ether oxygens (including phenoxy) is 1. The summed E-state index contributed by atoms with van der Waals surface area (Å²) < 4.78 is 5.97. The molecular formula is C33H50O2. The standard InChI is InChI=1S/C33H50O2/c1-7-10-11-12-13-14-15-16-17-18-19-20-21-22-23-24-25-33(8-2,9-3)32(34)35-31-29(5)26-28(4)27-30(31)6/h13-14,16-17,19-20,22-23,26-27H,7-12,15,18,21,24-25H2,1-6H3/b14-13-,17-16-,20-19-,23-22-. The van der Waals surface area contributed by atoms with Gasteiger partial charge in [0.1, 0.15) is 5.75 Å². The molecule has 35 heavy (non-hydrogen) atoms. The predicted octanol–water partition coefficient (Wildman–Crippen LogP) is 10.1. The van der Waals surface area contributed by atoms with Gasteiger partial charge in [-0.3, -0.25) is 4.79 Å². The lowest BCUT2D eigenvalue weighted by atomic mass is 9.78. The fraction of sp³-hybridized carbons (Fsp3) is 0.545. The first-order valence-electron chi connectivity index (χ1n) is 13.8. The summed E-state index contributed by atoms with van der Waals surface area (Å²) in [7, 11) is 0. The van der Waals surface area contributed by atoms with Gasteiger partial charge in [-0.05, 0) is 89.7 Å². The Balaban J connectivity index is 2.42. The van der Waals surface area contributed by atoms with Gasteiger partial charge in [-0.2, -0.15) is 0 Å². The Hall–Kier alpha value is -2.35. The van der Waals surface area contributed by atoms with E-state index in [-0.39, 0.29) is 5.97 Å². The molecule has 194 valence electrons. The Kier molecular flexibility index (Phi) is 15.8. The molecule has 0 aromatic heterocycles. The molecule has 0 aliphatic heterocycles. The molecule has 0 amide bonds. The van der Waals surface area contributed by atoms with Crippen molar-refractivity contribution in [1.29, 1.82) is 0 Å². The molecule has 0 bridgehead atoms. The van der Waals surface area contributed by atoms with Crippen LogP contribution >= 0.6 is 0 Å². The Labute approximate surface area is 216 Å². The van der Waals surface area contributed by atoms with Crippen LogP contribution in [0.1, 0.15) is 108 Å². The maximum Gasteiger partial charge on any atom is 0.317 e. The summed E-state index contributed by atoms with van der Waals surface area (Å²) in [4.78, 5) is 13.2. The molecule has 0 aliphatic carbocycles. The molecule has 0 aliphatic rings. The molecule has 0 spiro atoms. The Morgan fingerprint density at radius 3 is 1.71 bits per heavy atom. The van der Waals surface area contributed by atoms with Gasteiger partial charge in [0.15, 0.2) is 0 Å². The molecule has 1 aromatic carbocycles. The fourth-order valence-electron chi connectivity index (χ4n) is 4.44. The molecule has 0 atom stereocenters. The molecule has 2 nitrogen and oxygen atoms in total. The Morgan fingerprint density at radius 1 is 0.743 bits per heavy atom. The van der Waals surface area contributed by atoms with E-state index in [1.807, 2.05) is 13.8 Å². The number of esters is 1. The van der Waals surface area contributed by atoms with Gasteiger partial charge >= 0.3 is 5.97 Å².